The second-order valence-electron chi connectivity index (χ2n) is 18.2. The maximum absolute atomic E-state index is 14.9. The molecule has 76 heavy (non-hydrogen) atoms. The van der Waals surface area contributed by atoms with E-state index in [0.717, 1.165) is 71.0 Å². The molecule has 0 aliphatic carbocycles. The summed E-state index contributed by atoms with van der Waals surface area (Å²) in [4.78, 5) is 36.8. The summed E-state index contributed by atoms with van der Waals surface area (Å²) >= 11 is 0. The summed E-state index contributed by atoms with van der Waals surface area (Å²) in [5.74, 6) is 0.266. The van der Waals surface area contributed by atoms with Crippen LogP contribution in [-0.4, -0.2) is 113 Å². The van der Waals surface area contributed by atoms with Crippen LogP contribution in [0.25, 0.3) is 16.2 Å². The van der Waals surface area contributed by atoms with Crippen LogP contribution in [-0.2, 0) is 42.3 Å². The number of carbonyl (C=O) groups is 3. The summed E-state index contributed by atoms with van der Waals surface area (Å²) in [6.45, 7) is 40.3. The Morgan fingerprint density at radius 1 is 0.882 bits per heavy atom. The van der Waals surface area contributed by atoms with Gasteiger partial charge in [-0.1, -0.05) is 111 Å². The molecule has 1 aliphatic rings. The third-order valence-corrected chi connectivity index (χ3v) is 12.3. The molecule has 3 N–H and O–H groups in total. The van der Waals surface area contributed by atoms with Crippen molar-refractivity contribution in [3.63, 3.8) is 0 Å². The number of nitrogens with one attached hydrogen (secondary N) is 2. The van der Waals surface area contributed by atoms with Crippen LogP contribution in [0.15, 0.2) is 94.8 Å². The van der Waals surface area contributed by atoms with Gasteiger partial charge in [0, 0.05) is 102 Å². The standard InChI is InChI=1S/C31H41FN4O2.C14H31N.C13H19FN2.C2H6.2CH2O.Y/c1-21(16-22(2)27(8-12-33-6)18-29(34-7)9-13-35-20-37)24(4)36-14-10-26(11-15-36)31-23(3)17-28(25(5)38)19-30(31)32;1-5-9-14(10-6-2)13-15(11-7-3)12-8-4;1-5-6-10(3)16-13-8-11(14)9(2)7-12(13)15-4;3*1-2;/h8-10,12-13,16-19,24,34-35,37H,2,11,14-15,20H2,1,3-7H3;14H,5-13H2,1-4H3;7-8,10H,5-6H2,1-4H3;1-2H3;2*1H2;/q;;-2;;;;/b13-9-,21-16+,27-8-,29-18+,33-12?;;;;;;. The number of benzene rings is 2. The number of halogens is 2. The molecular weight excluding hydrogens is 1030 g/mol. The first-order chi connectivity index (χ1) is 36.0. The van der Waals surface area contributed by atoms with Crippen molar-refractivity contribution in [3.05, 3.63) is 134 Å². The van der Waals surface area contributed by atoms with Crippen LogP contribution < -0.4 is 10.6 Å². The second-order valence-corrected chi connectivity index (χ2v) is 18.2. The van der Waals surface area contributed by atoms with Crippen LogP contribution >= 0.6 is 0 Å². The van der Waals surface area contributed by atoms with Crippen molar-refractivity contribution in [3.8, 4) is 0 Å². The van der Waals surface area contributed by atoms with E-state index in [0.29, 0.717) is 28.9 Å². The minimum absolute atomic E-state index is 0. The Labute approximate surface area is 486 Å². The van der Waals surface area contributed by atoms with Gasteiger partial charge in [0.15, 0.2) is 5.78 Å². The molecule has 2 atom stereocenters. The van der Waals surface area contributed by atoms with Crippen LogP contribution in [0.1, 0.15) is 161 Å². The number of aliphatic hydroxyl groups excluding tert-OH is 1. The van der Waals surface area contributed by atoms with Gasteiger partial charge in [0.1, 0.15) is 31.9 Å². The first kappa shape index (κ1) is 78.1. The summed E-state index contributed by atoms with van der Waals surface area (Å²) in [5.41, 5.74) is 8.60. The number of allylic oxidation sites excluding steroid dienone is 6. The predicted molar refractivity (Wildman–Crippen MR) is 320 cm³/mol. The van der Waals surface area contributed by atoms with Crippen LogP contribution in [0.4, 0.5) is 20.2 Å². The largest absolute Gasteiger partial charge is 0.688 e. The van der Waals surface area contributed by atoms with Gasteiger partial charge in [-0.3, -0.25) is 14.7 Å². The number of likely N-dealkylation sites (N-methyl/N-ethyl adjacent to an activating group) is 1. The fourth-order valence-electron chi connectivity index (χ4n) is 8.45. The van der Waals surface area contributed by atoms with Gasteiger partial charge in [0.05, 0.1) is 0 Å². The third-order valence-electron chi connectivity index (χ3n) is 12.3. The number of aryl methyl sites for hydroxylation is 2. The number of ketones is 1. The minimum Gasteiger partial charge on any atom is -0.688 e. The van der Waals surface area contributed by atoms with Gasteiger partial charge in [0.25, 0.3) is 0 Å². The quantitative estimate of drug-likeness (QED) is 0.0347. The molecular formula is C62H101F2N7O4Y-2. The fraction of sp³-hybridized carbons (Fsp3) is 0.548. The molecule has 0 aromatic heterocycles. The number of nitrogens with zero attached hydrogens (tertiary/aromatic N) is 5. The van der Waals surface area contributed by atoms with Crippen molar-refractivity contribution < 1.29 is 61.0 Å². The monoisotopic (exact) mass is 1130 g/mol. The summed E-state index contributed by atoms with van der Waals surface area (Å²) in [5, 5.41) is 23.4. The maximum atomic E-state index is 14.9. The molecule has 0 spiro atoms. The van der Waals surface area contributed by atoms with Crippen LogP contribution in [0.3, 0.4) is 0 Å². The van der Waals surface area contributed by atoms with Gasteiger partial charge < -0.3 is 40.9 Å². The molecule has 0 saturated heterocycles. The van der Waals surface area contributed by atoms with E-state index in [9.17, 15) is 13.6 Å². The SMILES string of the molecule is C=C(/C=C(\C)C(C)N1CC=C(c2c(C)cc(C(C)=O)cc2F)CC1)C(=C\C=NC)/C=C(\C=C/NCO)NC.C=O.C=O.CC.CCCC(C)[N-]c1cc(F)c(C)cc1[N-]C.CCCC(CCC)CN(CCC)CCC.[Y]. The van der Waals surface area contributed by atoms with Crippen molar-refractivity contribution in [1.82, 2.24) is 20.4 Å². The molecule has 0 saturated carbocycles. The Balaban J connectivity index is -0.000000563. The van der Waals surface area contributed by atoms with E-state index in [4.69, 9.17) is 14.7 Å². The van der Waals surface area contributed by atoms with E-state index < -0.39 is 0 Å². The molecule has 11 nitrogen and oxygen atoms in total. The molecule has 2 aromatic carbocycles. The van der Waals surface area contributed by atoms with E-state index in [2.05, 4.69) is 103 Å². The molecule has 0 amide bonds. The molecule has 427 valence electrons. The molecule has 14 heteroatoms. The van der Waals surface area contributed by atoms with E-state index in [1.54, 1.807) is 45.6 Å². The van der Waals surface area contributed by atoms with E-state index in [-0.39, 0.29) is 68.9 Å². The topological polar surface area (TPSA) is 143 Å². The van der Waals surface area contributed by atoms with Gasteiger partial charge in [-0.15, -0.1) is 13.1 Å². The molecule has 3 rings (SSSR count). The van der Waals surface area contributed by atoms with Crippen molar-refractivity contribution >= 4 is 42.5 Å². The summed E-state index contributed by atoms with van der Waals surface area (Å²) in [7, 11) is 5.25. The zero-order chi connectivity index (χ0) is 57.9. The molecule has 1 radical (unpaired) electrons. The summed E-state index contributed by atoms with van der Waals surface area (Å²) in [6, 6.07) is 6.72. The number of carbonyl (C=O) groups excluding carboxylic acids is 3. The van der Waals surface area contributed by atoms with Gasteiger partial charge >= 0.3 is 0 Å². The maximum Gasteiger partial charge on any atom is 0.159 e. The Morgan fingerprint density at radius 2 is 1.47 bits per heavy atom. The average Bonchev–Trinajstić information content (AvgIpc) is 3.40. The number of hydrogen-bond acceptors (Lipinski definition) is 9. The Bertz CT molecular complexity index is 2040. The van der Waals surface area contributed by atoms with E-state index >= 15 is 0 Å². The van der Waals surface area contributed by atoms with Gasteiger partial charge in [-0.05, 0) is 150 Å². The van der Waals surface area contributed by atoms with Crippen molar-refractivity contribution in [2.75, 3.05) is 60.6 Å². The average molecular weight is 1140 g/mol. The molecule has 1 heterocycles. The molecule has 0 fully saturated rings. The predicted octanol–water partition coefficient (Wildman–Crippen LogP) is 15.0. The molecule has 0 bridgehead atoms. The van der Waals surface area contributed by atoms with Crippen molar-refractivity contribution in [2.24, 2.45) is 10.9 Å². The Hall–Kier alpha value is -4.40. The fourth-order valence-corrected chi connectivity index (χ4v) is 8.45. The van der Waals surface area contributed by atoms with E-state index in [1.807, 2.05) is 66.5 Å². The molecule has 1 aliphatic heterocycles. The normalized spacial score (nSPS) is 13.4. The number of aliphatic hydroxyl groups is 1. The van der Waals surface area contributed by atoms with Crippen LogP contribution in [0.2, 0.25) is 0 Å². The minimum atomic E-state index is -0.332. The number of rotatable bonds is 27. The Morgan fingerprint density at radius 3 is 1.93 bits per heavy atom. The van der Waals surface area contributed by atoms with Crippen LogP contribution in [0.5, 0.6) is 0 Å². The van der Waals surface area contributed by atoms with Gasteiger partial charge in [-0.25, -0.2) is 8.78 Å². The number of aliphatic imine (C=N–C) groups is 1. The van der Waals surface area contributed by atoms with Crippen LogP contribution in [0, 0.1) is 31.4 Å². The van der Waals surface area contributed by atoms with Crippen molar-refractivity contribution in [1.29, 1.82) is 0 Å². The summed E-state index contributed by atoms with van der Waals surface area (Å²) < 4.78 is 28.3. The molecule has 2 unspecified atom stereocenters. The smallest absolute Gasteiger partial charge is 0.159 e. The first-order valence-electron chi connectivity index (χ1n) is 27.0. The number of Topliss-reactive ketones (excluding diaryl/α,β-unsaturated/α-hetero) is 1. The summed E-state index contributed by atoms with van der Waals surface area (Å²) in [6.07, 6.45) is 24.2. The molecule has 2 aromatic rings. The first-order valence-corrected chi connectivity index (χ1v) is 27.0. The van der Waals surface area contributed by atoms with E-state index in [1.165, 1.54) is 77.2 Å². The second kappa shape index (κ2) is 48.9. The Kier molecular flexibility index (Phi) is 50.3. The zero-order valence-electron chi connectivity index (χ0n) is 50.1. The zero-order valence-corrected chi connectivity index (χ0v) is 52.9. The van der Waals surface area contributed by atoms with Gasteiger partial charge in [-0.2, -0.15) is 11.4 Å². The van der Waals surface area contributed by atoms with Gasteiger partial charge in [0.2, 0.25) is 0 Å². The number of hydrogen-bond donors (Lipinski definition) is 3. The van der Waals surface area contributed by atoms with Crippen molar-refractivity contribution in [2.45, 2.75) is 160 Å². The third kappa shape index (κ3) is 31.7.